The van der Waals surface area contributed by atoms with Crippen molar-refractivity contribution in [1.82, 2.24) is 19.7 Å². The maximum Gasteiger partial charge on any atom is 0.222 e. The van der Waals surface area contributed by atoms with Gasteiger partial charge in [0.2, 0.25) is 5.95 Å². The van der Waals surface area contributed by atoms with E-state index in [9.17, 15) is 0 Å². The van der Waals surface area contributed by atoms with Crippen LogP contribution in [0.4, 0.5) is 5.95 Å². The summed E-state index contributed by atoms with van der Waals surface area (Å²) in [5.41, 5.74) is 2.03. The molecule has 0 aliphatic heterocycles. The van der Waals surface area contributed by atoms with E-state index in [4.69, 9.17) is 0 Å². The lowest BCUT2D eigenvalue weighted by atomic mass is 10.4. The summed E-state index contributed by atoms with van der Waals surface area (Å²) in [6, 6.07) is 1.96. The van der Waals surface area contributed by atoms with Crippen molar-refractivity contribution < 1.29 is 0 Å². The average molecular weight is 203 g/mol. The van der Waals surface area contributed by atoms with E-state index < -0.39 is 0 Å². The molecule has 0 bridgehead atoms. The van der Waals surface area contributed by atoms with Crippen LogP contribution in [-0.2, 0) is 13.6 Å². The molecule has 2 aromatic heterocycles. The highest BCUT2D eigenvalue weighted by Crippen LogP contribution is 2.01. The van der Waals surface area contributed by atoms with Gasteiger partial charge in [0.1, 0.15) is 0 Å². The van der Waals surface area contributed by atoms with Gasteiger partial charge in [0, 0.05) is 25.6 Å². The molecule has 0 saturated carbocycles. The first kappa shape index (κ1) is 9.64. The molecule has 0 fully saturated rings. The van der Waals surface area contributed by atoms with Crippen LogP contribution in [0.1, 0.15) is 11.3 Å². The first-order valence-corrected chi connectivity index (χ1v) is 4.75. The highest BCUT2D eigenvalue weighted by molar-refractivity contribution is 5.25. The van der Waals surface area contributed by atoms with E-state index in [2.05, 4.69) is 20.4 Å². The average Bonchev–Trinajstić information content (AvgIpc) is 2.64. The lowest BCUT2D eigenvalue weighted by Gasteiger charge is -2.01. The maximum atomic E-state index is 4.24. The predicted molar refractivity (Wildman–Crippen MR) is 57.3 cm³/mol. The fourth-order valence-electron chi connectivity index (χ4n) is 1.21. The summed E-state index contributed by atoms with van der Waals surface area (Å²) >= 11 is 0. The fraction of sp³-hybridized carbons (Fsp3) is 0.300. The SMILES string of the molecule is Cc1cnc(NCc2ccn(C)n2)nc1. The number of nitrogens with one attached hydrogen (secondary N) is 1. The van der Waals surface area contributed by atoms with Gasteiger partial charge in [-0.25, -0.2) is 9.97 Å². The topological polar surface area (TPSA) is 55.6 Å². The molecule has 0 aliphatic carbocycles. The number of nitrogens with zero attached hydrogens (tertiary/aromatic N) is 4. The minimum absolute atomic E-state index is 0.631. The Morgan fingerprint density at radius 3 is 2.67 bits per heavy atom. The van der Waals surface area contributed by atoms with Crippen LogP contribution in [0.5, 0.6) is 0 Å². The van der Waals surface area contributed by atoms with Gasteiger partial charge in [0.05, 0.1) is 12.2 Å². The third-order valence-corrected chi connectivity index (χ3v) is 1.98. The van der Waals surface area contributed by atoms with Crippen molar-refractivity contribution in [2.75, 3.05) is 5.32 Å². The normalized spacial score (nSPS) is 10.3. The molecular formula is C10H13N5. The number of hydrogen-bond donors (Lipinski definition) is 1. The monoisotopic (exact) mass is 203 g/mol. The van der Waals surface area contributed by atoms with Crippen LogP contribution in [0.15, 0.2) is 24.7 Å². The minimum Gasteiger partial charge on any atom is -0.348 e. The molecular weight excluding hydrogens is 190 g/mol. The number of aromatic nitrogens is 4. The highest BCUT2D eigenvalue weighted by atomic mass is 15.3. The van der Waals surface area contributed by atoms with Gasteiger partial charge >= 0.3 is 0 Å². The van der Waals surface area contributed by atoms with Gasteiger partial charge in [0.15, 0.2) is 0 Å². The number of rotatable bonds is 3. The summed E-state index contributed by atoms with van der Waals surface area (Å²) in [6.45, 7) is 2.60. The molecule has 5 heteroatoms. The van der Waals surface area contributed by atoms with Gasteiger partial charge in [-0.05, 0) is 18.6 Å². The largest absolute Gasteiger partial charge is 0.348 e. The lowest BCUT2D eigenvalue weighted by molar-refractivity contribution is 0.746. The standard InChI is InChI=1S/C10H13N5/c1-8-5-11-10(12-6-8)13-7-9-3-4-15(2)14-9/h3-6H,7H2,1-2H3,(H,11,12,13). The molecule has 5 nitrogen and oxygen atoms in total. The quantitative estimate of drug-likeness (QED) is 0.812. The van der Waals surface area contributed by atoms with Crippen LogP contribution >= 0.6 is 0 Å². The molecule has 0 aromatic carbocycles. The summed E-state index contributed by atoms with van der Waals surface area (Å²) in [5, 5.41) is 7.35. The lowest BCUT2D eigenvalue weighted by Crippen LogP contribution is -2.04. The van der Waals surface area contributed by atoms with Crippen LogP contribution in [0.3, 0.4) is 0 Å². The molecule has 78 valence electrons. The van der Waals surface area contributed by atoms with Crippen LogP contribution in [0.2, 0.25) is 0 Å². The Labute approximate surface area is 88.2 Å². The third-order valence-electron chi connectivity index (χ3n) is 1.98. The zero-order valence-corrected chi connectivity index (χ0v) is 8.81. The smallest absolute Gasteiger partial charge is 0.222 e. The zero-order chi connectivity index (χ0) is 10.7. The molecule has 0 unspecified atom stereocenters. The van der Waals surface area contributed by atoms with Gasteiger partial charge in [-0.1, -0.05) is 0 Å². The Hall–Kier alpha value is -1.91. The summed E-state index contributed by atoms with van der Waals surface area (Å²) in [7, 11) is 1.89. The Kier molecular flexibility index (Phi) is 2.62. The fourth-order valence-corrected chi connectivity index (χ4v) is 1.21. The van der Waals surface area contributed by atoms with Gasteiger partial charge in [0.25, 0.3) is 0 Å². The van der Waals surface area contributed by atoms with Crippen molar-refractivity contribution in [3.8, 4) is 0 Å². The Morgan fingerprint density at radius 1 is 1.33 bits per heavy atom. The van der Waals surface area contributed by atoms with Crippen LogP contribution < -0.4 is 5.32 Å². The summed E-state index contributed by atoms with van der Waals surface area (Å²) in [4.78, 5) is 8.29. The van der Waals surface area contributed by atoms with Crippen molar-refractivity contribution in [2.45, 2.75) is 13.5 Å². The first-order chi connectivity index (χ1) is 7.24. The summed E-state index contributed by atoms with van der Waals surface area (Å²) in [5.74, 6) is 0.631. The molecule has 0 amide bonds. The van der Waals surface area contributed by atoms with Crippen molar-refractivity contribution in [2.24, 2.45) is 7.05 Å². The van der Waals surface area contributed by atoms with Crippen molar-refractivity contribution in [1.29, 1.82) is 0 Å². The molecule has 0 atom stereocenters. The second kappa shape index (κ2) is 4.08. The van der Waals surface area contributed by atoms with Crippen molar-refractivity contribution in [3.05, 3.63) is 35.9 Å². The van der Waals surface area contributed by atoms with Gasteiger partial charge < -0.3 is 5.32 Å². The first-order valence-electron chi connectivity index (χ1n) is 4.75. The molecule has 2 aromatic rings. The van der Waals surface area contributed by atoms with Gasteiger partial charge in [-0.15, -0.1) is 0 Å². The van der Waals surface area contributed by atoms with Crippen LogP contribution in [-0.4, -0.2) is 19.7 Å². The molecule has 2 rings (SSSR count). The Bertz CT molecular complexity index is 431. The predicted octanol–water partition coefficient (Wildman–Crippen LogP) is 1.13. The molecule has 0 aliphatic rings. The Morgan fingerprint density at radius 2 is 2.07 bits per heavy atom. The van der Waals surface area contributed by atoms with Crippen LogP contribution in [0.25, 0.3) is 0 Å². The zero-order valence-electron chi connectivity index (χ0n) is 8.81. The molecule has 0 radical (unpaired) electrons. The van der Waals surface area contributed by atoms with Gasteiger partial charge in [-0.2, -0.15) is 5.10 Å². The van der Waals surface area contributed by atoms with Crippen molar-refractivity contribution in [3.63, 3.8) is 0 Å². The molecule has 15 heavy (non-hydrogen) atoms. The molecule has 1 N–H and O–H groups in total. The molecule has 0 spiro atoms. The van der Waals surface area contributed by atoms with E-state index in [0.29, 0.717) is 12.5 Å². The summed E-state index contributed by atoms with van der Waals surface area (Å²) in [6.07, 6.45) is 5.48. The van der Waals surface area contributed by atoms with Crippen LogP contribution in [0, 0.1) is 6.92 Å². The second-order valence-corrected chi connectivity index (χ2v) is 3.42. The van der Waals surface area contributed by atoms with Gasteiger partial charge in [-0.3, -0.25) is 4.68 Å². The van der Waals surface area contributed by atoms with E-state index in [1.165, 1.54) is 0 Å². The van der Waals surface area contributed by atoms with E-state index in [1.807, 2.05) is 26.2 Å². The molecule has 2 heterocycles. The number of hydrogen-bond acceptors (Lipinski definition) is 4. The second-order valence-electron chi connectivity index (χ2n) is 3.42. The van der Waals surface area contributed by atoms with E-state index in [-0.39, 0.29) is 0 Å². The third kappa shape index (κ3) is 2.52. The molecule has 0 saturated heterocycles. The van der Waals surface area contributed by atoms with E-state index in [1.54, 1.807) is 17.1 Å². The number of aryl methyl sites for hydroxylation is 2. The summed E-state index contributed by atoms with van der Waals surface area (Å²) < 4.78 is 1.77. The minimum atomic E-state index is 0.631. The van der Waals surface area contributed by atoms with E-state index >= 15 is 0 Å². The highest BCUT2D eigenvalue weighted by Gasteiger charge is 1.98. The van der Waals surface area contributed by atoms with E-state index in [0.717, 1.165) is 11.3 Å². The van der Waals surface area contributed by atoms with Crippen molar-refractivity contribution >= 4 is 5.95 Å². The number of anilines is 1. The maximum absolute atomic E-state index is 4.24. The Balaban J connectivity index is 1.96.